The zero-order chi connectivity index (χ0) is 17.2. The molecule has 25 heavy (non-hydrogen) atoms. The van der Waals surface area contributed by atoms with Crippen molar-refractivity contribution in [3.8, 4) is 17.1 Å². The number of nitrogens with one attached hydrogen (secondary N) is 1. The summed E-state index contributed by atoms with van der Waals surface area (Å²) in [5, 5.41) is 4.66. The average molecular weight is 335 g/mol. The normalized spacial score (nSPS) is 15.5. The van der Waals surface area contributed by atoms with Crippen molar-refractivity contribution in [2.75, 3.05) is 38.1 Å². The molecule has 0 saturated carbocycles. The van der Waals surface area contributed by atoms with E-state index in [1.54, 1.807) is 11.2 Å². The highest BCUT2D eigenvalue weighted by molar-refractivity contribution is 5.62. The van der Waals surface area contributed by atoms with Crippen molar-refractivity contribution in [1.82, 2.24) is 19.7 Å². The molecule has 128 valence electrons. The van der Waals surface area contributed by atoms with E-state index in [4.69, 9.17) is 0 Å². The molecule has 6 nitrogen and oxygen atoms in total. The Balaban J connectivity index is 1.70. The van der Waals surface area contributed by atoms with E-state index in [-0.39, 0.29) is 0 Å². The SMILES string of the molecule is Cc1cc(-c2ccccc2)n(-c2cc(N3CC[NH+](C)CC3)ncn2)n1. The maximum atomic E-state index is 4.66. The van der Waals surface area contributed by atoms with Crippen LogP contribution >= 0.6 is 0 Å². The van der Waals surface area contributed by atoms with Crippen LogP contribution in [0.3, 0.4) is 0 Å². The number of piperazine rings is 1. The molecule has 0 unspecified atom stereocenters. The summed E-state index contributed by atoms with van der Waals surface area (Å²) in [5.74, 6) is 1.79. The molecule has 1 aromatic carbocycles. The van der Waals surface area contributed by atoms with Gasteiger partial charge in [0.2, 0.25) is 0 Å². The first-order valence-electron chi connectivity index (χ1n) is 8.71. The van der Waals surface area contributed by atoms with E-state index >= 15 is 0 Å². The summed E-state index contributed by atoms with van der Waals surface area (Å²) in [5.41, 5.74) is 3.15. The molecule has 1 N–H and O–H groups in total. The van der Waals surface area contributed by atoms with Crippen LogP contribution in [0.25, 0.3) is 17.1 Å². The Hall–Kier alpha value is -2.73. The Morgan fingerprint density at radius 3 is 2.44 bits per heavy atom. The predicted octanol–water partition coefficient (Wildman–Crippen LogP) is 0.972. The number of rotatable bonds is 3. The molecular weight excluding hydrogens is 312 g/mol. The van der Waals surface area contributed by atoms with Gasteiger partial charge < -0.3 is 9.80 Å². The molecule has 1 aliphatic heterocycles. The first-order valence-corrected chi connectivity index (χ1v) is 8.71. The zero-order valence-electron chi connectivity index (χ0n) is 14.7. The van der Waals surface area contributed by atoms with Gasteiger partial charge >= 0.3 is 0 Å². The fourth-order valence-electron chi connectivity index (χ4n) is 3.23. The minimum Gasteiger partial charge on any atom is -0.345 e. The van der Waals surface area contributed by atoms with Crippen molar-refractivity contribution in [2.45, 2.75) is 6.92 Å². The minimum atomic E-state index is 0.809. The van der Waals surface area contributed by atoms with Crippen LogP contribution in [0, 0.1) is 6.92 Å². The number of quaternary nitrogens is 1. The van der Waals surface area contributed by atoms with Gasteiger partial charge in [0, 0.05) is 11.6 Å². The molecule has 1 saturated heterocycles. The zero-order valence-corrected chi connectivity index (χ0v) is 14.7. The first kappa shape index (κ1) is 15.8. The van der Waals surface area contributed by atoms with Crippen molar-refractivity contribution in [3.05, 3.63) is 54.5 Å². The lowest BCUT2D eigenvalue weighted by molar-refractivity contribution is -0.880. The van der Waals surface area contributed by atoms with Gasteiger partial charge in [0.1, 0.15) is 12.1 Å². The third kappa shape index (κ3) is 3.25. The fourth-order valence-corrected chi connectivity index (χ4v) is 3.23. The number of likely N-dealkylation sites (N-methyl/N-ethyl adjacent to an activating group) is 1. The summed E-state index contributed by atoms with van der Waals surface area (Å²) in [6.07, 6.45) is 1.64. The lowest BCUT2D eigenvalue weighted by Gasteiger charge is -2.30. The van der Waals surface area contributed by atoms with Crippen LogP contribution in [-0.4, -0.2) is 53.0 Å². The van der Waals surface area contributed by atoms with E-state index in [0.29, 0.717) is 0 Å². The summed E-state index contributed by atoms with van der Waals surface area (Å²) in [4.78, 5) is 12.9. The third-order valence-corrected chi connectivity index (χ3v) is 4.70. The maximum Gasteiger partial charge on any atom is 0.159 e. The van der Waals surface area contributed by atoms with E-state index in [9.17, 15) is 0 Å². The molecule has 0 bridgehead atoms. The second kappa shape index (κ2) is 6.64. The molecule has 3 aromatic rings. The molecule has 1 aliphatic rings. The molecule has 0 amide bonds. The van der Waals surface area contributed by atoms with Crippen LogP contribution in [-0.2, 0) is 0 Å². The molecule has 2 aromatic heterocycles. The highest BCUT2D eigenvalue weighted by Crippen LogP contribution is 2.24. The van der Waals surface area contributed by atoms with Gasteiger partial charge in [-0.15, -0.1) is 0 Å². The van der Waals surface area contributed by atoms with Crippen molar-refractivity contribution >= 4 is 5.82 Å². The summed E-state index contributed by atoms with van der Waals surface area (Å²) >= 11 is 0. The average Bonchev–Trinajstić information content (AvgIpc) is 3.05. The Kier molecular flexibility index (Phi) is 4.19. The lowest BCUT2D eigenvalue weighted by atomic mass is 10.1. The van der Waals surface area contributed by atoms with Crippen molar-refractivity contribution < 1.29 is 4.90 Å². The minimum absolute atomic E-state index is 0.809. The van der Waals surface area contributed by atoms with Gasteiger partial charge in [-0.2, -0.15) is 5.10 Å². The molecule has 0 spiro atoms. The number of aromatic nitrogens is 4. The van der Waals surface area contributed by atoms with Crippen molar-refractivity contribution in [2.24, 2.45) is 0 Å². The van der Waals surface area contributed by atoms with Crippen LogP contribution in [0.1, 0.15) is 5.69 Å². The fraction of sp³-hybridized carbons (Fsp3) is 0.316. The van der Waals surface area contributed by atoms with Crippen LogP contribution in [0.4, 0.5) is 5.82 Å². The molecule has 6 heteroatoms. The third-order valence-electron chi connectivity index (χ3n) is 4.70. The number of hydrogen-bond acceptors (Lipinski definition) is 4. The van der Waals surface area contributed by atoms with E-state index in [1.807, 2.05) is 35.9 Å². The second-order valence-corrected chi connectivity index (χ2v) is 6.63. The van der Waals surface area contributed by atoms with Gasteiger partial charge in [0.15, 0.2) is 5.82 Å². The van der Waals surface area contributed by atoms with Gasteiger partial charge in [0.25, 0.3) is 0 Å². The van der Waals surface area contributed by atoms with E-state index in [1.165, 1.54) is 0 Å². The summed E-state index contributed by atoms with van der Waals surface area (Å²) in [6.45, 7) is 6.32. The van der Waals surface area contributed by atoms with Crippen molar-refractivity contribution in [1.29, 1.82) is 0 Å². The quantitative estimate of drug-likeness (QED) is 0.775. The Morgan fingerprint density at radius 1 is 0.960 bits per heavy atom. The number of nitrogens with zero attached hydrogens (tertiary/aromatic N) is 5. The molecule has 1 fully saturated rings. The summed E-state index contributed by atoms with van der Waals surface area (Å²) in [6, 6.07) is 14.4. The standard InChI is InChI=1S/C19H22N6/c1-15-12-17(16-6-4-3-5-7-16)25(22-15)19-13-18(20-14-21-19)24-10-8-23(2)9-11-24/h3-7,12-14H,8-11H2,1-2H3/p+1. The van der Waals surface area contributed by atoms with Crippen molar-refractivity contribution in [3.63, 3.8) is 0 Å². The maximum absolute atomic E-state index is 4.66. The molecular formula is C19H23N6+. The molecule has 0 radical (unpaired) electrons. The smallest absolute Gasteiger partial charge is 0.159 e. The van der Waals surface area contributed by atoms with Gasteiger partial charge in [-0.05, 0) is 13.0 Å². The van der Waals surface area contributed by atoms with E-state index < -0.39 is 0 Å². The van der Waals surface area contributed by atoms with Gasteiger partial charge in [-0.1, -0.05) is 30.3 Å². The second-order valence-electron chi connectivity index (χ2n) is 6.63. The summed E-state index contributed by atoms with van der Waals surface area (Å²) < 4.78 is 1.91. The Morgan fingerprint density at radius 2 is 1.68 bits per heavy atom. The van der Waals surface area contributed by atoms with Crippen LogP contribution < -0.4 is 9.80 Å². The highest BCUT2D eigenvalue weighted by atomic mass is 15.3. The van der Waals surface area contributed by atoms with Gasteiger partial charge in [0.05, 0.1) is 44.6 Å². The topological polar surface area (TPSA) is 51.3 Å². The van der Waals surface area contributed by atoms with Gasteiger partial charge in [-0.3, -0.25) is 0 Å². The number of anilines is 1. The highest BCUT2D eigenvalue weighted by Gasteiger charge is 2.19. The van der Waals surface area contributed by atoms with Gasteiger partial charge in [-0.25, -0.2) is 14.6 Å². The van der Waals surface area contributed by atoms with Crippen LogP contribution in [0.2, 0.25) is 0 Å². The number of aryl methyl sites for hydroxylation is 1. The summed E-state index contributed by atoms with van der Waals surface area (Å²) in [7, 11) is 2.24. The molecule has 0 atom stereocenters. The molecule has 3 heterocycles. The molecule has 4 rings (SSSR count). The van der Waals surface area contributed by atoms with Crippen LogP contribution in [0.5, 0.6) is 0 Å². The number of hydrogen-bond donors (Lipinski definition) is 1. The first-order chi connectivity index (χ1) is 12.2. The van der Waals surface area contributed by atoms with E-state index in [0.717, 1.165) is 54.8 Å². The molecule has 0 aliphatic carbocycles. The monoisotopic (exact) mass is 335 g/mol. The number of benzene rings is 1. The van der Waals surface area contributed by atoms with Crippen LogP contribution in [0.15, 0.2) is 48.8 Å². The van der Waals surface area contributed by atoms with E-state index in [2.05, 4.69) is 45.2 Å². The largest absolute Gasteiger partial charge is 0.345 e. The Bertz CT molecular complexity index is 849. The lowest BCUT2D eigenvalue weighted by Crippen LogP contribution is -3.12. The predicted molar refractivity (Wildman–Crippen MR) is 98.2 cm³/mol. The Labute approximate surface area is 147 Å².